The first-order valence-electron chi connectivity index (χ1n) is 6.72. The molecule has 0 saturated heterocycles. The molecule has 0 saturated carbocycles. The maximum absolute atomic E-state index is 13.4. The average Bonchev–Trinajstić information content (AvgIpc) is 2.42. The molecule has 0 bridgehead atoms. The van der Waals surface area contributed by atoms with Crippen LogP contribution in [0.5, 0.6) is 0 Å². The summed E-state index contributed by atoms with van der Waals surface area (Å²) in [6.07, 6.45) is 3.53. The first-order chi connectivity index (χ1) is 9.65. The zero-order chi connectivity index (χ0) is 14.4. The number of rotatable bonds is 6. The van der Waals surface area contributed by atoms with E-state index in [1.54, 1.807) is 30.2 Å². The second-order valence-corrected chi connectivity index (χ2v) is 6.18. The molecule has 0 unspecified atom stereocenters. The van der Waals surface area contributed by atoms with E-state index in [-0.39, 0.29) is 5.82 Å². The Kier molecular flexibility index (Phi) is 5.56. The van der Waals surface area contributed by atoms with Crippen LogP contribution >= 0.6 is 11.8 Å². The Morgan fingerprint density at radius 1 is 1.20 bits per heavy atom. The standard InChI is InChI=1S/C16H19FN2S/c1-12(2)10-19-11-13-9-14(17)3-4-16(13)20-15-5-7-18-8-6-15/h3-9,12,19H,10-11H2,1-2H3. The molecule has 0 aliphatic rings. The van der Waals surface area contributed by atoms with E-state index in [0.29, 0.717) is 12.5 Å². The van der Waals surface area contributed by atoms with Gasteiger partial charge in [-0.25, -0.2) is 4.39 Å². The highest BCUT2D eigenvalue weighted by atomic mass is 32.2. The van der Waals surface area contributed by atoms with E-state index in [4.69, 9.17) is 0 Å². The van der Waals surface area contributed by atoms with Gasteiger partial charge in [-0.05, 0) is 48.4 Å². The van der Waals surface area contributed by atoms with Gasteiger partial charge in [0, 0.05) is 28.7 Å². The molecule has 0 atom stereocenters. The molecular weight excluding hydrogens is 271 g/mol. The first-order valence-corrected chi connectivity index (χ1v) is 7.54. The van der Waals surface area contributed by atoms with Crippen molar-refractivity contribution in [3.63, 3.8) is 0 Å². The van der Waals surface area contributed by atoms with Crippen LogP contribution in [-0.2, 0) is 6.54 Å². The van der Waals surface area contributed by atoms with Crippen molar-refractivity contribution < 1.29 is 4.39 Å². The summed E-state index contributed by atoms with van der Waals surface area (Å²) in [5.41, 5.74) is 0.993. The van der Waals surface area contributed by atoms with Gasteiger partial charge in [-0.1, -0.05) is 25.6 Å². The second kappa shape index (κ2) is 7.41. The van der Waals surface area contributed by atoms with Gasteiger partial charge in [0.2, 0.25) is 0 Å². The summed E-state index contributed by atoms with van der Waals surface area (Å²) in [7, 11) is 0. The van der Waals surface area contributed by atoms with Crippen LogP contribution in [0.1, 0.15) is 19.4 Å². The fourth-order valence-electron chi connectivity index (χ4n) is 1.81. The molecule has 1 heterocycles. The maximum Gasteiger partial charge on any atom is 0.123 e. The van der Waals surface area contributed by atoms with Crippen molar-refractivity contribution in [1.82, 2.24) is 10.3 Å². The van der Waals surface area contributed by atoms with E-state index in [9.17, 15) is 4.39 Å². The average molecular weight is 290 g/mol. The SMILES string of the molecule is CC(C)CNCc1cc(F)ccc1Sc1ccncc1. The van der Waals surface area contributed by atoms with E-state index in [0.717, 1.165) is 21.9 Å². The van der Waals surface area contributed by atoms with Gasteiger partial charge < -0.3 is 5.32 Å². The maximum atomic E-state index is 13.4. The number of halogens is 1. The minimum absolute atomic E-state index is 0.189. The molecule has 1 aromatic heterocycles. The molecule has 20 heavy (non-hydrogen) atoms. The Hall–Kier alpha value is -1.39. The number of pyridine rings is 1. The van der Waals surface area contributed by atoms with Gasteiger partial charge in [-0.3, -0.25) is 4.98 Å². The molecule has 1 aromatic carbocycles. The van der Waals surface area contributed by atoms with Crippen LogP contribution in [0.2, 0.25) is 0 Å². The van der Waals surface area contributed by atoms with Gasteiger partial charge in [0.05, 0.1) is 0 Å². The van der Waals surface area contributed by atoms with Crippen LogP contribution in [0.25, 0.3) is 0 Å². The van der Waals surface area contributed by atoms with Crippen LogP contribution < -0.4 is 5.32 Å². The van der Waals surface area contributed by atoms with Crippen molar-refractivity contribution in [3.8, 4) is 0 Å². The van der Waals surface area contributed by atoms with Crippen LogP contribution in [0.4, 0.5) is 4.39 Å². The lowest BCUT2D eigenvalue weighted by molar-refractivity contribution is 0.547. The monoisotopic (exact) mass is 290 g/mol. The topological polar surface area (TPSA) is 24.9 Å². The highest BCUT2D eigenvalue weighted by Gasteiger charge is 2.06. The summed E-state index contributed by atoms with van der Waals surface area (Å²) in [4.78, 5) is 6.19. The van der Waals surface area contributed by atoms with Gasteiger partial charge >= 0.3 is 0 Å². The van der Waals surface area contributed by atoms with E-state index in [1.807, 2.05) is 18.2 Å². The molecule has 2 aromatic rings. The molecule has 1 N–H and O–H groups in total. The minimum atomic E-state index is -0.189. The molecule has 2 rings (SSSR count). The van der Waals surface area contributed by atoms with Gasteiger partial charge in [-0.15, -0.1) is 0 Å². The molecule has 4 heteroatoms. The molecule has 2 nitrogen and oxygen atoms in total. The quantitative estimate of drug-likeness (QED) is 0.866. The van der Waals surface area contributed by atoms with Crippen molar-refractivity contribution >= 4 is 11.8 Å². The minimum Gasteiger partial charge on any atom is -0.312 e. The van der Waals surface area contributed by atoms with Crippen LogP contribution in [-0.4, -0.2) is 11.5 Å². The Balaban J connectivity index is 2.11. The molecule has 0 fully saturated rings. The summed E-state index contributed by atoms with van der Waals surface area (Å²) in [6, 6.07) is 8.87. The third-order valence-corrected chi connectivity index (χ3v) is 3.89. The Bertz CT molecular complexity index is 543. The van der Waals surface area contributed by atoms with Crippen molar-refractivity contribution in [2.45, 2.75) is 30.2 Å². The highest BCUT2D eigenvalue weighted by molar-refractivity contribution is 7.99. The van der Waals surface area contributed by atoms with Crippen molar-refractivity contribution in [3.05, 3.63) is 54.1 Å². The highest BCUT2D eigenvalue weighted by Crippen LogP contribution is 2.30. The lowest BCUT2D eigenvalue weighted by Gasteiger charge is -2.12. The smallest absolute Gasteiger partial charge is 0.123 e. The molecule has 0 spiro atoms. The third kappa shape index (κ3) is 4.62. The van der Waals surface area contributed by atoms with E-state index >= 15 is 0 Å². The third-order valence-electron chi connectivity index (χ3n) is 2.77. The molecule has 0 aliphatic carbocycles. The van der Waals surface area contributed by atoms with E-state index < -0.39 is 0 Å². The van der Waals surface area contributed by atoms with Gasteiger partial charge in [-0.2, -0.15) is 0 Å². The lowest BCUT2D eigenvalue weighted by atomic mass is 10.2. The zero-order valence-corrected chi connectivity index (χ0v) is 12.6. The lowest BCUT2D eigenvalue weighted by Crippen LogP contribution is -2.19. The van der Waals surface area contributed by atoms with Crippen molar-refractivity contribution in [2.75, 3.05) is 6.54 Å². The predicted molar refractivity (Wildman–Crippen MR) is 81.3 cm³/mol. The Morgan fingerprint density at radius 3 is 2.65 bits per heavy atom. The zero-order valence-electron chi connectivity index (χ0n) is 11.8. The van der Waals surface area contributed by atoms with Crippen LogP contribution in [0, 0.1) is 11.7 Å². The Morgan fingerprint density at radius 2 is 1.95 bits per heavy atom. The number of hydrogen-bond donors (Lipinski definition) is 1. The predicted octanol–water partition coefficient (Wildman–Crippen LogP) is 4.12. The number of nitrogens with one attached hydrogen (secondary N) is 1. The largest absolute Gasteiger partial charge is 0.312 e. The van der Waals surface area contributed by atoms with Crippen molar-refractivity contribution in [1.29, 1.82) is 0 Å². The van der Waals surface area contributed by atoms with E-state index in [1.165, 1.54) is 6.07 Å². The summed E-state index contributed by atoms with van der Waals surface area (Å²) < 4.78 is 13.4. The number of nitrogens with zero attached hydrogens (tertiary/aromatic N) is 1. The summed E-state index contributed by atoms with van der Waals surface area (Å²) in [5.74, 6) is 0.394. The fraction of sp³-hybridized carbons (Fsp3) is 0.312. The van der Waals surface area contributed by atoms with Gasteiger partial charge in [0.15, 0.2) is 0 Å². The van der Waals surface area contributed by atoms with E-state index in [2.05, 4.69) is 24.1 Å². The summed E-state index contributed by atoms with van der Waals surface area (Å²) >= 11 is 1.64. The van der Waals surface area contributed by atoms with Crippen molar-refractivity contribution in [2.24, 2.45) is 5.92 Å². The number of hydrogen-bond acceptors (Lipinski definition) is 3. The van der Waals surface area contributed by atoms with Gasteiger partial charge in [0.1, 0.15) is 5.82 Å². The first kappa shape index (κ1) is 15.0. The summed E-state index contributed by atoms with van der Waals surface area (Å²) in [5, 5.41) is 3.36. The molecule has 0 amide bonds. The molecular formula is C16H19FN2S. The number of benzene rings is 1. The fourth-order valence-corrected chi connectivity index (χ4v) is 2.72. The van der Waals surface area contributed by atoms with Crippen LogP contribution in [0.3, 0.4) is 0 Å². The molecule has 0 aliphatic heterocycles. The molecule has 0 radical (unpaired) electrons. The second-order valence-electron chi connectivity index (χ2n) is 5.06. The number of aromatic nitrogens is 1. The summed E-state index contributed by atoms with van der Waals surface area (Å²) in [6.45, 7) is 5.93. The molecule has 106 valence electrons. The van der Waals surface area contributed by atoms with Crippen LogP contribution in [0.15, 0.2) is 52.5 Å². The Labute approximate surface area is 123 Å². The normalized spacial score (nSPS) is 11.0. The van der Waals surface area contributed by atoms with Gasteiger partial charge in [0.25, 0.3) is 0 Å².